The fourth-order valence-corrected chi connectivity index (χ4v) is 3.42. The van der Waals surface area contributed by atoms with Crippen LogP contribution >= 0.6 is 0 Å². The van der Waals surface area contributed by atoms with E-state index in [1.807, 2.05) is 0 Å². The Balaban J connectivity index is 2.88. The maximum absolute atomic E-state index is 11.6. The molecule has 0 aromatic heterocycles. The van der Waals surface area contributed by atoms with Crippen molar-refractivity contribution in [2.75, 3.05) is 13.4 Å². The summed E-state index contributed by atoms with van der Waals surface area (Å²) in [5, 5.41) is 0. The van der Waals surface area contributed by atoms with Crippen molar-refractivity contribution in [3.8, 4) is 0 Å². The highest BCUT2D eigenvalue weighted by Crippen LogP contribution is 2.29. The van der Waals surface area contributed by atoms with E-state index < -0.39 is 56.7 Å². The van der Waals surface area contributed by atoms with Gasteiger partial charge in [-0.3, -0.25) is 14.4 Å². The van der Waals surface area contributed by atoms with Gasteiger partial charge in [-0.05, 0) is 13.0 Å². The van der Waals surface area contributed by atoms with E-state index in [4.69, 9.17) is 28.4 Å². The van der Waals surface area contributed by atoms with Gasteiger partial charge in [0.1, 0.15) is 12.9 Å². The number of ether oxygens (including phenoxy) is 6. The van der Waals surface area contributed by atoms with Crippen molar-refractivity contribution < 1.29 is 42.8 Å². The van der Waals surface area contributed by atoms with E-state index in [1.54, 1.807) is 6.92 Å². The van der Waals surface area contributed by atoms with Crippen LogP contribution in [-0.4, -0.2) is 70.1 Å². The van der Waals surface area contributed by atoms with E-state index in [1.165, 1.54) is 20.8 Å². The molecule has 0 amide bonds. The third kappa shape index (κ3) is 8.68. The van der Waals surface area contributed by atoms with Gasteiger partial charge < -0.3 is 28.4 Å². The van der Waals surface area contributed by atoms with Crippen molar-refractivity contribution in [1.29, 1.82) is 0 Å². The molecule has 0 spiro atoms. The highest BCUT2D eigenvalue weighted by atomic mass is 28.3. The highest BCUT2D eigenvalue weighted by molar-refractivity contribution is 6.76. The largest absolute Gasteiger partial charge is 0.455 e. The van der Waals surface area contributed by atoms with Crippen LogP contribution in [-0.2, 0) is 42.8 Å². The molecule has 1 aliphatic heterocycles. The summed E-state index contributed by atoms with van der Waals surface area (Å²) in [4.78, 5) is 34.5. The van der Waals surface area contributed by atoms with E-state index >= 15 is 0 Å². The SMILES string of the molecule is CC(=O)O[C@@H]1O[C@H](C)[C@H](OCOCC[Si](C)(C)C)[C@H](OC(C)=O)[C@@H]1OC(C)=O. The summed E-state index contributed by atoms with van der Waals surface area (Å²) in [7, 11) is -1.23. The molecule has 1 aliphatic rings. The van der Waals surface area contributed by atoms with Crippen LogP contribution in [0.1, 0.15) is 27.7 Å². The number of rotatable bonds is 9. The molecule has 0 aromatic carbocycles. The molecule has 0 radical (unpaired) electrons. The van der Waals surface area contributed by atoms with E-state index in [2.05, 4.69) is 19.6 Å². The van der Waals surface area contributed by atoms with Gasteiger partial charge in [-0.2, -0.15) is 0 Å². The van der Waals surface area contributed by atoms with Crippen LogP contribution in [0, 0.1) is 0 Å². The first-order valence-electron chi connectivity index (χ1n) is 9.27. The summed E-state index contributed by atoms with van der Waals surface area (Å²) in [6, 6.07) is 0.977. The maximum atomic E-state index is 11.6. The lowest BCUT2D eigenvalue weighted by Crippen LogP contribution is -2.61. The zero-order valence-electron chi connectivity index (χ0n) is 17.7. The molecule has 9 nitrogen and oxygen atoms in total. The van der Waals surface area contributed by atoms with Crippen LogP contribution in [0.2, 0.25) is 25.7 Å². The topological polar surface area (TPSA) is 107 Å². The standard InChI is InChI=1S/C18H32O9Si/c1-11-15(23-10-22-8-9-28(5,6)7)16(25-12(2)19)17(26-13(3)20)18(24-11)27-14(4)21/h11,15-18H,8-10H2,1-7H3/t11-,15+,16+,17+,18+/m1/s1. The lowest BCUT2D eigenvalue weighted by atomic mass is 9.99. The molecule has 1 saturated heterocycles. The zero-order chi connectivity index (χ0) is 21.5. The van der Waals surface area contributed by atoms with Crippen LogP contribution in [0.4, 0.5) is 0 Å². The molecular formula is C18H32O9Si. The molecule has 1 rings (SSSR count). The molecule has 10 heteroatoms. The van der Waals surface area contributed by atoms with Crippen LogP contribution in [0.5, 0.6) is 0 Å². The third-order valence-electron chi connectivity index (χ3n) is 3.95. The third-order valence-corrected chi connectivity index (χ3v) is 5.66. The first-order valence-corrected chi connectivity index (χ1v) is 13.0. The molecule has 5 atom stereocenters. The van der Waals surface area contributed by atoms with Crippen molar-refractivity contribution in [1.82, 2.24) is 0 Å². The second-order valence-electron chi connectivity index (χ2n) is 7.94. The van der Waals surface area contributed by atoms with Gasteiger partial charge in [0.05, 0.1) is 6.10 Å². The summed E-state index contributed by atoms with van der Waals surface area (Å²) < 4.78 is 32.6. The maximum Gasteiger partial charge on any atom is 0.305 e. The quantitative estimate of drug-likeness (QED) is 0.182. The molecule has 162 valence electrons. The minimum atomic E-state index is -1.23. The lowest BCUT2D eigenvalue weighted by molar-refractivity contribution is -0.304. The Morgan fingerprint density at radius 2 is 1.39 bits per heavy atom. The molecule has 1 heterocycles. The van der Waals surface area contributed by atoms with E-state index in [0.717, 1.165) is 6.04 Å². The average molecular weight is 421 g/mol. The predicted octanol–water partition coefficient (Wildman–Crippen LogP) is 1.86. The first-order chi connectivity index (χ1) is 12.9. The van der Waals surface area contributed by atoms with E-state index in [0.29, 0.717) is 6.61 Å². The van der Waals surface area contributed by atoms with Gasteiger partial charge in [-0.1, -0.05) is 19.6 Å². The number of carbonyl (C=O) groups excluding carboxylic acids is 3. The fourth-order valence-electron chi connectivity index (χ4n) is 2.67. The summed E-state index contributed by atoms with van der Waals surface area (Å²) in [5.41, 5.74) is 0. The normalized spacial score (nSPS) is 27.8. The van der Waals surface area contributed by atoms with Crippen LogP contribution in [0.25, 0.3) is 0 Å². The van der Waals surface area contributed by atoms with E-state index in [9.17, 15) is 14.4 Å². The molecule has 0 unspecified atom stereocenters. The molecule has 1 fully saturated rings. The number of hydrogen-bond acceptors (Lipinski definition) is 9. The molecule has 0 bridgehead atoms. The van der Waals surface area contributed by atoms with Crippen LogP contribution < -0.4 is 0 Å². The minimum absolute atomic E-state index is 0.0361. The second kappa shape index (κ2) is 10.9. The minimum Gasteiger partial charge on any atom is -0.455 e. The van der Waals surface area contributed by atoms with Crippen molar-refractivity contribution in [2.24, 2.45) is 0 Å². The van der Waals surface area contributed by atoms with Crippen molar-refractivity contribution in [3.63, 3.8) is 0 Å². The zero-order valence-corrected chi connectivity index (χ0v) is 18.7. The summed E-state index contributed by atoms with van der Waals surface area (Å²) >= 11 is 0. The average Bonchev–Trinajstić information content (AvgIpc) is 2.50. The summed E-state index contributed by atoms with van der Waals surface area (Å²) in [5.74, 6) is -1.85. The molecule has 0 aromatic rings. The predicted molar refractivity (Wildman–Crippen MR) is 101 cm³/mol. The summed E-state index contributed by atoms with van der Waals surface area (Å²) in [6.45, 7) is 12.6. The summed E-state index contributed by atoms with van der Waals surface area (Å²) in [6.07, 6.45) is -4.77. The van der Waals surface area contributed by atoms with Gasteiger partial charge in [0.15, 0.2) is 6.10 Å². The second-order valence-corrected chi connectivity index (χ2v) is 13.6. The Morgan fingerprint density at radius 3 is 1.89 bits per heavy atom. The van der Waals surface area contributed by atoms with Gasteiger partial charge in [0.2, 0.25) is 12.4 Å². The Bertz CT molecular complexity index is 546. The molecule has 0 saturated carbocycles. The number of esters is 3. The Hall–Kier alpha value is -1.49. The van der Waals surface area contributed by atoms with Crippen LogP contribution in [0.3, 0.4) is 0 Å². The van der Waals surface area contributed by atoms with Crippen molar-refractivity contribution in [3.05, 3.63) is 0 Å². The number of hydrogen-bond donors (Lipinski definition) is 0. The fraction of sp³-hybridized carbons (Fsp3) is 0.833. The molecular weight excluding hydrogens is 388 g/mol. The monoisotopic (exact) mass is 420 g/mol. The number of carbonyl (C=O) groups is 3. The van der Waals surface area contributed by atoms with Gasteiger partial charge in [0, 0.05) is 35.5 Å². The first kappa shape index (κ1) is 24.5. The van der Waals surface area contributed by atoms with Gasteiger partial charge in [-0.25, -0.2) is 0 Å². The Kier molecular flexibility index (Phi) is 9.55. The molecule has 28 heavy (non-hydrogen) atoms. The van der Waals surface area contributed by atoms with Gasteiger partial charge in [-0.15, -0.1) is 0 Å². The Labute approximate surface area is 166 Å². The highest BCUT2D eigenvalue weighted by Gasteiger charge is 2.50. The van der Waals surface area contributed by atoms with Crippen LogP contribution in [0.15, 0.2) is 0 Å². The molecule has 0 aliphatic carbocycles. The Morgan fingerprint density at radius 1 is 0.857 bits per heavy atom. The molecule has 0 N–H and O–H groups in total. The van der Waals surface area contributed by atoms with E-state index in [-0.39, 0.29) is 6.79 Å². The van der Waals surface area contributed by atoms with Gasteiger partial charge >= 0.3 is 17.9 Å². The van der Waals surface area contributed by atoms with Gasteiger partial charge in [0.25, 0.3) is 0 Å². The van der Waals surface area contributed by atoms with Crippen molar-refractivity contribution in [2.45, 2.75) is 84.1 Å². The van der Waals surface area contributed by atoms with Crippen molar-refractivity contribution >= 4 is 26.0 Å². The lowest BCUT2D eigenvalue weighted by Gasteiger charge is -2.43. The smallest absolute Gasteiger partial charge is 0.305 e.